The highest BCUT2D eigenvalue weighted by Crippen LogP contribution is 2.42. The van der Waals surface area contributed by atoms with E-state index in [1.165, 1.54) is 12.1 Å². The Morgan fingerprint density at radius 2 is 1.39 bits per heavy atom. The lowest BCUT2D eigenvalue weighted by atomic mass is 9.73. The molecule has 1 saturated heterocycles. The number of halogens is 8. The highest BCUT2D eigenvalue weighted by Gasteiger charge is 2.43. The second kappa shape index (κ2) is 14.3. The Balaban J connectivity index is 0.00000480. The molecular formula is C34H36ClF7N2O2. The lowest BCUT2D eigenvalue weighted by Gasteiger charge is -2.46. The van der Waals surface area contributed by atoms with Crippen LogP contribution in [-0.2, 0) is 22.7 Å². The summed E-state index contributed by atoms with van der Waals surface area (Å²) in [5, 5.41) is 13.1. The van der Waals surface area contributed by atoms with Gasteiger partial charge in [-0.25, -0.2) is 4.39 Å². The van der Waals surface area contributed by atoms with Gasteiger partial charge in [0.1, 0.15) is 5.82 Å². The Kier molecular flexibility index (Phi) is 11.1. The molecule has 1 heterocycles. The molecule has 5 rings (SSSR count). The number of hydrogen-bond acceptors (Lipinski definition) is 3. The zero-order valence-electron chi connectivity index (χ0n) is 24.9. The van der Waals surface area contributed by atoms with Crippen molar-refractivity contribution < 1.29 is 40.6 Å². The van der Waals surface area contributed by atoms with Gasteiger partial charge in [-0.2, -0.15) is 26.3 Å². The van der Waals surface area contributed by atoms with E-state index in [4.69, 9.17) is 0 Å². The number of aliphatic hydroxyl groups excluding tert-OH is 1. The molecule has 1 saturated carbocycles. The minimum absolute atomic E-state index is 0. The molecule has 0 aromatic heterocycles. The fourth-order valence-corrected chi connectivity index (χ4v) is 6.88. The van der Waals surface area contributed by atoms with E-state index in [0.29, 0.717) is 43.7 Å². The third-order valence-corrected chi connectivity index (χ3v) is 9.40. The minimum Gasteiger partial charge on any atom is -0.395 e. The highest BCUT2D eigenvalue weighted by atomic mass is 35.5. The van der Waals surface area contributed by atoms with E-state index < -0.39 is 53.0 Å². The second-order valence-electron chi connectivity index (χ2n) is 12.1. The molecule has 250 valence electrons. The fourth-order valence-electron chi connectivity index (χ4n) is 6.88. The molecule has 1 aliphatic carbocycles. The van der Waals surface area contributed by atoms with Crippen molar-refractivity contribution in [1.29, 1.82) is 0 Å². The molecule has 1 amide bonds. The average molecular weight is 673 g/mol. The zero-order valence-corrected chi connectivity index (χ0v) is 25.7. The molecular weight excluding hydrogens is 637 g/mol. The van der Waals surface area contributed by atoms with Gasteiger partial charge in [-0.3, -0.25) is 4.79 Å². The van der Waals surface area contributed by atoms with E-state index in [0.717, 1.165) is 37.1 Å². The highest BCUT2D eigenvalue weighted by molar-refractivity contribution is 5.85. The van der Waals surface area contributed by atoms with Gasteiger partial charge in [-0.05, 0) is 105 Å². The number of nitrogens with zero attached hydrogens (tertiary/aromatic N) is 1. The Bertz CT molecular complexity index is 1420. The van der Waals surface area contributed by atoms with Crippen LogP contribution in [-0.4, -0.2) is 41.7 Å². The van der Waals surface area contributed by atoms with Crippen LogP contribution in [0.4, 0.5) is 30.7 Å². The molecule has 12 heteroatoms. The van der Waals surface area contributed by atoms with Crippen LogP contribution < -0.4 is 5.32 Å². The normalized spacial score (nSPS) is 22.1. The van der Waals surface area contributed by atoms with Crippen molar-refractivity contribution >= 4 is 18.3 Å². The molecule has 3 aromatic carbocycles. The average Bonchev–Trinajstić information content (AvgIpc) is 3.02. The number of rotatable bonds is 7. The summed E-state index contributed by atoms with van der Waals surface area (Å²) in [6.07, 6.45) is -5.88. The van der Waals surface area contributed by atoms with Gasteiger partial charge >= 0.3 is 12.4 Å². The summed E-state index contributed by atoms with van der Waals surface area (Å²) in [7, 11) is 0. The number of likely N-dealkylation sites (tertiary alicyclic amines) is 1. The molecule has 0 bridgehead atoms. The Labute approximate surface area is 269 Å². The van der Waals surface area contributed by atoms with Gasteiger partial charge in [0.2, 0.25) is 5.91 Å². The maximum absolute atomic E-state index is 13.7. The molecule has 1 aliphatic heterocycles. The standard InChI is InChI=1S/C34H35F7N2O2.ClH/c35-28-8-6-22(7-9-28)23-12-16-43(17-13-23)29-10-14-32(15-11-29,25-4-2-1-3-5-25)42-31(45)30(21-44)24-18-26(33(36,37)38)20-27(19-24)34(39,40)41;/h1-9,18-20,23,29-30,44H,10-17,21H2,(H,42,45);1H/t29-,30?,32-;. The van der Waals surface area contributed by atoms with Gasteiger partial charge in [0, 0.05) is 6.04 Å². The van der Waals surface area contributed by atoms with Crippen LogP contribution in [0.15, 0.2) is 72.8 Å². The molecule has 1 atom stereocenters. The number of carbonyl (C=O) groups is 1. The van der Waals surface area contributed by atoms with Crippen LogP contribution in [0, 0.1) is 5.82 Å². The monoisotopic (exact) mass is 672 g/mol. The molecule has 3 aromatic rings. The lowest BCUT2D eigenvalue weighted by molar-refractivity contribution is -0.143. The van der Waals surface area contributed by atoms with Gasteiger partial charge in [-0.15, -0.1) is 12.4 Å². The van der Waals surface area contributed by atoms with Crippen molar-refractivity contribution in [3.05, 3.63) is 106 Å². The first kappa shape index (κ1) is 35.7. The summed E-state index contributed by atoms with van der Waals surface area (Å²) in [5.41, 5.74) is -2.66. The topological polar surface area (TPSA) is 52.6 Å². The molecule has 2 aliphatic rings. The molecule has 46 heavy (non-hydrogen) atoms. The Morgan fingerprint density at radius 3 is 1.89 bits per heavy atom. The van der Waals surface area contributed by atoms with Crippen molar-refractivity contribution in [2.75, 3.05) is 19.7 Å². The number of carbonyl (C=O) groups excluding carboxylic acids is 1. The van der Waals surface area contributed by atoms with E-state index >= 15 is 0 Å². The van der Waals surface area contributed by atoms with Crippen LogP contribution in [0.3, 0.4) is 0 Å². The third-order valence-electron chi connectivity index (χ3n) is 9.40. The van der Waals surface area contributed by atoms with Crippen LogP contribution in [0.5, 0.6) is 0 Å². The summed E-state index contributed by atoms with van der Waals surface area (Å²) in [4.78, 5) is 16.1. The van der Waals surface area contributed by atoms with Crippen LogP contribution >= 0.6 is 12.4 Å². The first-order valence-electron chi connectivity index (χ1n) is 15.1. The molecule has 2 fully saturated rings. The predicted octanol–water partition coefficient (Wildman–Crippen LogP) is 8.19. The Hall–Kier alpha value is -3.15. The second-order valence-corrected chi connectivity index (χ2v) is 12.1. The predicted molar refractivity (Wildman–Crippen MR) is 162 cm³/mol. The third kappa shape index (κ3) is 8.04. The van der Waals surface area contributed by atoms with Crippen LogP contribution in [0.25, 0.3) is 0 Å². The first-order valence-corrected chi connectivity index (χ1v) is 15.1. The van der Waals surface area contributed by atoms with Crippen molar-refractivity contribution in [2.24, 2.45) is 0 Å². The minimum atomic E-state index is -5.08. The summed E-state index contributed by atoms with van der Waals surface area (Å²) in [6, 6.07) is 17.0. The summed E-state index contributed by atoms with van der Waals surface area (Å²) in [5.74, 6) is -2.40. The smallest absolute Gasteiger partial charge is 0.395 e. The lowest BCUT2D eigenvalue weighted by Crippen LogP contribution is -2.53. The number of nitrogens with one attached hydrogen (secondary N) is 1. The van der Waals surface area contributed by atoms with Gasteiger partial charge in [0.25, 0.3) is 0 Å². The number of aliphatic hydroxyl groups is 1. The van der Waals surface area contributed by atoms with Crippen molar-refractivity contribution in [1.82, 2.24) is 10.2 Å². The number of benzene rings is 3. The van der Waals surface area contributed by atoms with Crippen LogP contribution in [0.1, 0.15) is 78.2 Å². The number of hydrogen-bond donors (Lipinski definition) is 2. The van der Waals surface area contributed by atoms with E-state index in [1.54, 1.807) is 0 Å². The molecule has 1 unspecified atom stereocenters. The molecule has 2 N–H and O–H groups in total. The van der Waals surface area contributed by atoms with Gasteiger partial charge < -0.3 is 15.3 Å². The van der Waals surface area contributed by atoms with Crippen LogP contribution in [0.2, 0.25) is 0 Å². The Morgan fingerprint density at radius 1 is 0.848 bits per heavy atom. The zero-order chi connectivity index (χ0) is 32.4. The number of amides is 1. The van der Waals surface area contributed by atoms with Gasteiger partial charge in [0.05, 0.1) is 29.2 Å². The van der Waals surface area contributed by atoms with Crippen molar-refractivity contribution in [3.8, 4) is 0 Å². The maximum Gasteiger partial charge on any atom is 0.416 e. The molecule has 0 spiro atoms. The number of alkyl halides is 6. The van der Waals surface area contributed by atoms with E-state index in [-0.39, 0.29) is 30.3 Å². The largest absolute Gasteiger partial charge is 0.416 e. The summed E-state index contributed by atoms with van der Waals surface area (Å²) < 4.78 is 94.5. The molecule has 4 nitrogen and oxygen atoms in total. The first-order chi connectivity index (χ1) is 21.3. The maximum atomic E-state index is 13.7. The van der Waals surface area contributed by atoms with Gasteiger partial charge in [0.15, 0.2) is 0 Å². The van der Waals surface area contributed by atoms with E-state index in [2.05, 4.69) is 10.2 Å². The SMILES string of the molecule is Cl.O=C(N[C@]1(c2ccccc2)CC[C@@H](N2CCC(c3ccc(F)cc3)CC2)CC1)C(CO)c1cc(C(F)(F)F)cc(C(F)(F)F)c1. The fraction of sp³-hybridized carbons (Fsp3) is 0.441. The van der Waals surface area contributed by atoms with E-state index in [1.807, 2.05) is 42.5 Å². The van der Waals surface area contributed by atoms with Gasteiger partial charge in [-0.1, -0.05) is 42.5 Å². The summed E-state index contributed by atoms with van der Waals surface area (Å²) >= 11 is 0. The van der Waals surface area contributed by atoms with E-state index in [9.17, 15) is 40.6 Å². The van der Waals surface area contributed by atoms with Crippen molar-refractivity contribution in [2.45, 2.75) is 74.3 Å². The number of piperidine rings is 1. The van der Waals surface area contributed by atoms with Crippen molar-refractivity contribution in [3.63, 3.8) is 0 Å². The molecule has 0 radical (unpaired) electrons. The quantitative estimate of drug-likeness (QED) is 0.249. The summed E-state index contributed by atoms with van der Waals surface area (Å²) in [6.45, 7) is 0.753.